The standard InChI is InChI=1S/C26H32N2O3/c1-18(24(29)27-16-19-13-14-19)22-15-26(22,2)23(21-11-7-4-8-12-21)28-25(30)31-17-20-9-5-3-6-10-20/h3-12,18-19,22-23H,13-17H2,1-2H3,(H,27,29)(H,28,30)/t18-,22+,23+,26-/m1/s1. The first-order valence-corrected chi connectivity index (χ1v) is 11.3. The second-order valence-corrected chi connectivity index (χ2v) is 9.34. The highest BCUT2D eigenvalue weighted by atomic mass is 16.5. The van der Waals surface area contributed by atoms with Crippen molar-refractivity contribution in [3.05, 3.63) is 71.8 Å². The van der Waals surface area contributed by atoms with Crippen LogP contribution >= 0.6 is 0 Å². The van der Waals surface area contributed by atoms with Crippen LogP contribution in [0.15, 0.2) is 60.7 Å². The Bertz CT molecular complexity index is 897. The molecule has 0 bridgehead atoms. The molecule has 4 rings (SSSR count). The lowest BCUT2D eigenvalue weighted by Crippen LogP contribution is -2.37. The Hall–Kier alpha value is -2.82. The first-order chi connectivity index (χ1) is 15.0. The highest BCUT2D eigenvalue weighted by molar-refractivity contribution is 5.79. The molecule has 0 radical (unpaired) electrons. The van der Waals surface area contributed by atoms with Crippen molar-refractivity contribution in [1.29, 1.82) is 0 Å². The van der Waals surface area contributed by atoms with E-state index in [9.17, 15) is 9.59 Å². The van der Waals surface area contributed by atoms with Crippen molar-refractivity contribution in [2.75, 3.05) is 6.54 Å². The third kappa shape index (κ3) is 5.27. The van der Waals surface area contributed by atoms with E-state index in [1.54, 1.807) is 0 Å². The van der Waals surface area contributed by atoms with Gasteiger partial charge in [-0.15, -0.1) is 0 Å². The van der Waals surface area contributed by atoms with Crippen LogP contribution in [0.5, 0.6) is 0 Å². The van der Waals surface area contributed by atoms with Gasteiger partial charge in [0.05, 0.1) is 6.04 Å². The summed E-state index contributed by atoms with van der Waals surface area (Å²) < 4.78 is 5.49. The molecule has 2 fully saturated rings. The van der Waals surface area contributed by atoms with Gasteiger partial charge in [0.2, 0.25) is 5.91 Å². The van der Waals surface area contributed by atoms with E-state index in [2.05, 4.69) is 17.6 Å². The van der Waals surface area contributed by atoms with Crippen LogP contribution < -0.4 is 10.6 Å². The summed E-state index contributed by atoms with van der Waals surface area (Å²) in [7, 11) is 0. The molecular formula is C26H32N2O3. The van der Waals surface area contributed by atoms with E-state index in [1.807, 2.05) is 67.6 Å². The summed E-state index contributed by atoms with van der Waals surface area (Å²) in [4.78, 5) is 25.3. The van der Waals surface area contributed by atoms with Crippen molar-refractivity contribution in [1.82, 2.24) is 10.6 Å². The molecule has 2 aromatic carbocycles. The number of amides is 2. The molecule has 2 saturated carbocycles. The van der Waals surface area contributed by atoms with Gasteiger partial charge in [0.15, 0.2) is 0 Å². The minimum atomic E-state index is -0.435. The van der Waals surface area contributed by atoms with Gasteiger partial charge in [-0.05, 0) is 47.6 Å². The lowest BCUT2D eigenvalue weighted by Gasteiger charge is -2.28. The smallest absolute Gasteiger partial charge is 0.407 e. The van der Waals surface area contributed by atoms with E-state index in [0.717, 1.165) is 24.1 Å². The van der Waals surface area contributed by atoms with Gasteiger partial charge in [0, 0.05) is 12.5 Å². The van der Waals surface area contributed by atoms with Gasteiger partial charge in [-0.1, -0.05) is 74.5 Å². The Kier molecular flexibility index (Phi) is 6.30. The predicted octanol–water partition coefficient (Wildman–Crippen LogP) is 4.84. The summed E-state index contributed by atoms with van der Waals surface area (Å²) in [5, 5.41) is 6.21. The van der Waals surface area contributed by atoms with Crippen LogP contribution in [0, 0.1) is 23.2 Å². The molecule has 0 aromatic heterocycles. The van der Waals surface area contributed by atoms with Gasteiger partial charge >= 0.3 is 6.09 Å². The van der Waals surface area contributed by atoms with E-state index in [0.29, 0.717) is 5.92 Å². The number of nitrogens with one attached hydrogen (secondary N) is 2. The zero-order valence-corrected chi connectivity index (χ0v) is 18.3. The molecule has 164 valence electrons. The number of hydrogen-bond acceptors (Lipinski definition) is 3. The van der Waals surface area contributed by atoms with E-state index < -0.39 is 6.09 Å². The Balaban J connectivity index is 1.41. The number of ether oxygens (including phenoxy) is 1. The fourth-order valence-corrected chi connectivity index (χ4v) is 4.56. The zero-order chi connectivity index (χ0) is 21.8. The van der Waals surface area contributed by atoms with Gasteiger partial charge in [-0.25, -0.2) is 4.79 Å². The second-order valence-electron chi connectivity index (χ2n) is 9.34. The van der Waals surface area contributed by atoms with Gasteiger partial charge in [0.1, 0.15) is 6.61 Å². The third-order valence-corrected chi connectivity index (χ3v) is 6.89. The van der Waals surface area contributed by atoms with Gasteiger partial charge < -0.3 is 15.4 Å². The van der Waals surface area contributed by atoms with E-state index >= 15 is 0 Å². The lowest BCUT2D eigenvalue weighted by atomic mass is 9.86. The lowest BCUT2D eigenvalue weighted by molar-refractivity contribution is -0.125. The van der Waals surface area contributed by atoms with Crippen LogP contribution in [0.1, 0.15) is 50.3 Å². The Labute approximate surface area is 184 Å². The number of benzene rings is 2. The van der Waals surface area contributed by atoms with Gasteiger partial charge in [-0.2, -0.15) is 0 Å². The highest BCUT2D eigenvalue weighted by Gasteiger charge is 2.59. The minimum absolute atomic E-state index is 0.0860. The van der Waals surface area contributed by atoms with Gasteiger partial charge in [-0.3, -0.25) is 4.79 Å². The number of alkyl carbamates (subject to hydrolysis) is 1. The average Bonchev–Trinajstić information content (AvgIpc) is 3.72. The largest absolute Gasteiger partial charge is 0.445 e. The van der Waals surface area contributed by atoms with Gasteiger partial charge in [0.25, 0.3) is 0 Å². The molecule has 0 heterocycles. The topological polar surface area (TPSA) is 67.4 Å². The van der Waals surface area contributed by atoms with Crippen molar-refractivity contribution in [2.24, 2.45) is 23.2 Å². The van der Waals surface area contributed by atoms with E-state index in [-0.39, 0.29) is 35.8 Å². The molecule has 2 N–H and O–H groups in total. The first kappa shape index (κ1) is 21.4. The third-order valence-electron chi connectivity index (χ3n) is 6.89. The molecule has 0 unspecified atom stereocenters. The molecule has 2 aliphatic rings. The normalized spacial score (nSPS) is 24.0. The van der Waals surface area contributed by atoms with E-state index in [4.69, 9.17) is 4.74 Å². The zero-order valence-electron chi connectivity index (χ0n) is 18.3. The maximum Gasteiger partial charge on any atom is 0.407 e. The maximum absolute atomic E-state index is 12.7. The molecule has 2 amide bonds. The van der Waals surface area contributed by atoms with Crippen molar-refractivity contribution in [3.63, 3.8) is 0 Å². The van der Waals surface area contributed by atoms with E-state index in [1.165, 1.54) is 12.8 Å². The van der Waals surface area contributed by atoms with Crippen LogP contribution in [0.2, 0.25) is 0 Å². The summed E-state index contributed by atoms with van der Waals surface area (Å²) in [5.74, 6) is 0.919. The Morgan fingerprint density at radius 3 is 2.35 bits per heavy atom. The second kappa shape index (κ2) is 9.13. The maximum atomic E-state index is 12.7. The Morgan fingerprint density at radius 1 is 1.06 bits per heavy atom. The fourth-order valence-electron chi connectivity index (χ4n) is 4.56. The summed E-state index contributed by atoms with van der Waals surface area (Å²) in [5.41, 5.74) is 1.80. The number of carbonyl (C=O) groups is 2. The predicted molar refractivity (Wildman–Crippen MR) is 120 cm³/mol. The number of rotatable bonds is 9. The van der Waals surface area contributed by atoms with Crippen molar-refractivity contribution >= 4 is 12.0 Å². The molecular weight excluding hydrogens is 388 g/mol. The quantitative estimate of drug-likeness (QED) is 0.610. The van der Waals surface area contributed by atoms with Crippen molar-refractivity contribution in [2.45, 2.75) is 45.8 Å². The number of hydrogen-bond donors (Lipinski definition) is 2. The molecule has 0 saturated heterocycles. The Morgan fingerprint density at radius 2 is 1.71 bits per heavy atom. The summed E-state index contributed by atoms with van der Waals surface area (Å²) in [6, 6.07) is 19.4. The molecule has 31 heavy (non-hydrogen) atoms. The van der Waals surface area contributed by atoms with Crippen molar-refractivity contribution < 1.29 is 14.3 Å². The number of carbonyl (C=O) groups excluding carboxylic acids is 2. The van der Waals surface area contributed by atoms with Crippen LogP contribution in [0.3, 0.4) is 0 Å². The van der Waals surface area contributed by atoms with Crippen LogP contribution in [-0.2, 0) is 16.1 Å². The summed E-state index contributed by atoms with van der Waals surface area (Å²) >= 11 is 0. The SMILES string of the molecule is C[C@@H](C(=O)NCC1CC1)[C@@H]1C[C@@]1(C)[C@@H](NC(=O)OCc1ccccc1)c1ccccc1. The van der Waals surface area contributed by atoms with Crippen LogP contribution in [0.25, 0.3) is 0 Å². The molecule has 4 atom stereocenters. The first-order valence-electron chi connectivity index (χ1n) is 11.3. The molecule has 5 nitrogen and oxygen atoms in total. The average molecular weight is 421 g/mol. The molecule has 0 aliphatic heterocycles. The molecule has 2 aromatic rings. The molecule has 2 aliphatic carbocycles. The van der Waals surface area contributed by atoms with Crippen LogP contribution in [0.4, 0.5) is 4.79 Å². The summed E-state index contributed by atoms with van der Waals surface area (Å²) in [6.45, 7) is 5.19. The minimum Gasteiger partial charge on any atom is -0.445 e. The van der Waals surface area contributed by atoms with Crippen LogP contribution in [-0.4, -0.2) is 18.5 Å². The van der Waals surface area contributed by atoms with Crippen molar-refractivity contribution in [3.8, 4) is 0 Å². The highest BCUT2D eigenvalue weighted by Crippen LogP contribution is 2.63. The molecule has 5 heteroatoms. The summed E-state index contributed by atoms with van der Waals surface area (Å²) in [6.07, 6.45) is 2.90. The molecule has 0 spiro atoms. The monoisotopic (exact) mass is 420 g/mol. The fraction of sp³-hybridized carbons (Fsp3) is 0.462.